The summed E-state index contributed by atoms with van der Waals surface area (Å²) in [6.45, 7) is 0.820. The summed E-state index contributed by atoms with van der Waals surface area (Å²) in [4.78, 5) is 23.7. The van der Waals surface area contributed by atoms with Gasteiger partial charge in [-0.15, -0.1) is 0 Å². The predicted molar refractivity (Wildman–Crippen MR) is 57.5 cm³/mol. The van der Waals surface area contributed by atoms with Crippen LogP contribution in [-0.4, -0.2) is 48.6 Å². The van der Waals surface area contributed by atoms with Crippen LogP contribution in [0.1, 0.15) is 19.3 Å². The van der Waals surface area contributed by atoms with Crippen molar-refractivity contribution >= 4 is 11.8 Å². The molecule has 5 nitrogen and oxygen atoms in total. The average molecular weight is 267 g/mol. The molecule has 0 saturated carbocycles. The quantitative estimate of drug-likeness (QED) is 0.736. The highest BCUT2D eigenvalue weighted by Crippen LogP contribution is 2.22. The number of nitrogens with zero attached hydrogens (tertiary/aromatic N) is 1. The van der Waals surface area contributed by atoms with Crippen LogP contribution in [0.5, 0.6) is 0 Å². The Bertz CT molecular complexity index is 314. The van der Waals surface area contributed by atoms with E-state index in [-0.39, 0.29) is 12.6 Å². The van der Waals surface area contributed by atoms with Gasteiger partial charge in [-0.25, -0.2) is 0 Å². The van der Waals surface area contributed by atoms with Crippen molar-refractivity contribution in [2.45, 2.75) is 31.5 Å². The fourth-order valence-corrected chi connectivity index (χ4v) is 1.89. The SMILES string of the molecule is NC(=O)CN(C(=O)CCC(F)(F)F)C1CCNC1. The summed E-state index contributed by atoms with van der Waals surface area (Å²) in [5.74, 6) is -1.40. The first-order valence-electron chi connectivity index (χ1n) is 5.65. The Morgan fingerprint density at radius 3 is 2.50 bits per heavy atom. The first-order chi connectivity index (χ1) is 8.29. The molecule has 3 N–H and O–H groups in total. The molecule has 0 aliphatic carbocycles. The minimum absolute atomic E-state index is 0.252. The third-order valence-electron chi connectivity index (χ3n) is 2.74. The molecule has 8 heteroatoms. The summed E-state index contributed by atoms with van der Waals surface area (Å²) < 4.78 is 36.1. The number of nitrogens with one attached hydrogen (secondary N) is 1. The number of carbonyl (C=O) groups excluding carboxylic acids is 2. The molecule has 1 heterocycles. The fraction of sp³-hybridized carbons (Fsp3) is 0.800. The molecule has 1 rings (SSSR count). The normalized spacial score (nSPS) is 19.8. The first kappa shape index (κ1) is 14.7. The molecule has 18 heavy (non-hydrogen) atoms. The molecule has 104 valence electrons. The van der Waals surface area contributed by atoms with Gasteiger partial charge in [0.15, 0.2) is 0 Å². The molecule has 1 unspecified atom stereocenters. The Morgan fingerprint density at radius 1 is 1.39 bits per heavy atom. The molecule has 0 bridgehead atoms. The van der Waals surface area contributed by atoms with Gasteiger partial charge >= 0.3 is 6.18 Å². The second kappa shape index (κ2) is 6.03. The molecule has 1 fully saturated rings. The molecule has 1 aliphatic heterocycles. The van der Waals surface area contributed by atoms with E-state index in [4.69, 9.17) is 5.73 Å². The van der Waals surface area contributed by atoms with E-state index in [1.165, 1.54) is 0 Å². The zero-order valence-electron chi connectivity index (χ0n) is 9.79. The third kappa shape index (κ3) is 4.91. The van der Waals surface area contributed by atoms with Crippen molar-refractivity contribution in [1.29, 1.82) is 0 Å². The van der Waals surface area contributed by atoms with Crippen molar-refractivity contribution < 1.29 is 22.8 Å². The second-order valence-corrected chi connectivity index (χ2v) is 4.25. The van der Waals surface area contributed by atoms with Crippen LogP contribution in [0.3, 0.4) is 0 Å². The van der Waals surface area contributed by atoms with Crippen LogP contribution < -0.4 is 11.1 Å². The van der Waals surface area contributed by atoms with Gasteiger partial charge in [0.2, 0.25) is 11.8 Å². The molecule has 1 saturated heterocycles. The van der Waals surface area contributed by atoms with E-state index in [0.717, 1.165) is 4.90 Å². The van der Waals surface area contributed by atoms with Crippen molar-refractivity contribution in [2.24, 2.45) is 5.73 Å². The van der Waals surface area contributed by atoms with Crippen LogP contribution in [-0.2, 0) is 9.59 Å². The fourth-order valence-electron chi connectivity index (χ4n) is 1.89. The molecular formula is C10H16F3N3O2. The highest BCUT2D eigenvalue weighted by molar-refractivity contribution is 5.84. The molecule has 0 aromatic heterocycles. The van der Waals surface area contributed by atoms with Crippen molar-refractivity contribution in [3.05, 3.63) is 0 Å². The Kier molecular flexibility index (Phi) is 4.94. The Morgan fingerprint density at radius 2 is 2.06 bits per heavy atom. The van der Waals surface area contributed by atoms with Crippen LogP contribution in [0.15, 0.2) is 0 Å². The summed E-state index contributed by atoms with van der Waals surface area (Å²) >= 11 is 0. The lowest BCUT2D eigenvalue weighted by molar-refractivity contribution is -0.151. The topological polar surface area (TPSA) is 75.4 Å². The van der Waals surface area contributed by atoms with Gasteiger partial charge in [0, 0.05) is 19.0 Å². The minimum Gasteiger partial charge on any atom is -0.368 e. The molecule has 1 atom stereocenters. The molecule has 0 aromatic carbocycles. The standard InChI is InChI=1S/C10H16F3N3O2/c11-10(12,13)3-1-9(18)16(6-8(14)17)7-2-4-15-5-7/h7,15H,1-6H2,(H2,14,17). The molecule has 0 aromatic rings. The zero-order valence-corrected chi connectivity index (χ0v) is 9.79. The number of amides is 2. The minimum atomic E-state index is -4.37. The molecular weight excluding hydrogens is 251 g/mol. The first-order valence-corrected chi connectivity index (χ1v) is 5.65. The molecule has 0 spiro atoms. The number of hydrogen-bond acceptors (Lipinski definition) is 3. The third-order valence-corrected chi connectivity index (χ3v) is 2.74. The van der Waals surface area contributed by atoms with E-state index >= 15 is 0 Å². The number of halogens is 3. The predicted octanol–water partition coefficient (Wildman–Crippen LogP) is 0.00470. The van der Waals surface area contributed by atoms with Crippen molar-refractivity contribution in [1.82, 2.24) is 10.2 Å². The summed E-state index contributed by atoms with van der Waals surface area (Å²) in [5, 5.41) is 2.99. The smallest absolute Gasteiger partial charge is 0.368 e. The molecule has 1 aliphatic rings. The number of alkyl halides is 3. The van der Waals surface area contributed by atoms with Gasteiger partial charge in [-0.3, -0.25) is 9.59 Å². The maximum atomic E-state index is 12.0. The van der Waals surface area contributed by atoms with Gasteiger partial charge in [-0.1, -0.05) is 0 Å². The number of rotatable bonds is 5. The summed E-state index contributed by atoms with van der Waals surface area (Å²) in [7, 11) is 0. The van der Waals surface area contributed by atoms with E-state index < -0.39 is 30.8 Å². The number of primary amides is 1. The Hall–Kier alpha value is -1.31. The van der Waals surface area contributed by atoms with Gasteiger partial charge < -0.3 is 16.0 Å². The molecule has 2 amide bonds. The highest BCUT2D eigenvalue weighted by atomic mass is 19.4. The van der Waals surface area contributed by atoms with E-state index in [2.05, 4.69) is 5.32 Å². The zero-order chi connectivity index (χ0) is 13.8. The van der Waals surface area contributed by atoms with Gasteiger partial charge in [-0.2, -0.15) is 13.2 Å². The monoisotopic (exact) mass is 267 g/mol. The summed E-state index contributed by atoms with van der Waals surface area (Å²) in [5.41, 5.74) is 5.01. The maximum absolute atomic E-state index is 12.0. The lowest BCUT2D eigenvalue weighted by Crippen LogP contribution is -2.46. The highest BCUT2D eigenvalue weighted by Gasteiger charge is 2.32. The summed E-state index contributed by atoms with van der Waals surface area (Å²) in [6, 6.07) is -0.252. The van der Waals surface area contributed by atoms with Gasteiger partial charge in [-0.05, 0) is 13.0 Å². The van der Waals surface area contributed by atoms with Crippen LogP contribution in [0, 0.1) is 0 Å². The lowest BCUT2D eigenvalue weighted by atomic mass is 10.2. The Balaban J connectivity index is 2.58. The number of hydrogen-bond donors (Lipinski definition) is 2. The van der Waals surface area contributed by atoms with Gasteiger partial charge in [0.1, 0.15) is 0 Å². The van der Waals surface area contributed by atoms with Crippen LogP contribution >= 0.6 is 0 Å². The van der Waals surface area contributed by atoms with E-state index in [1.54, 1.807) is 0 Å². The summed E-state index contributed by atoms with van der Waals surface area (Å²) in [6.07, 6.45) is -5.58. The largest absolute Gasteiger partial charge is 0.389 e. The van der Waals surface area contributed by atoms with Gasteiger partial charge in [0.25, 0.3) is 0 Å². The average Bonchev–Trinajstić information content (AvgIpc) is 2.74. The maximum Gasteiger partial charge on any atom is 0.389 e. The number of nitrogens with two attached hydrogens (primary N) is 1. The Labute approximate surface area is 102 Å². The second-order valence-electron chi connectivity index (χ2n) is 4.25. The van der Waals surface area contributed by atoms with Crippen molar-refractivity contribution in [2.75, 3.05) is 19.6 Å². The van der Waals surface area contributed by atoms with Gasteiger partial charge in [0.05, 0.1) is 13.0 Å². The van der Waals surface area contributed by atoms with E-state index in [9.17, 15) is 22.8 Å². The van der Waals surface area contributed by atoms with Crippen LogP contribution in [0.4, 0.5) is 13.2 Å². The van der Waals surface area contributed by atoms with Crippen LogP contribution in [0.2, 0.25) is 0 Å². The van der Waals surface area contributed by atoms with E-state index in [0.29, 0.717) is 19.5 Å². The molecule has 0 radical (unpaired) electrons. The van der Waals surface area contributed by atoms with E-state index in [1.807, 2.05) is 0 Å². The number of carbonyl (C=O) groups is 2. The van der Waals surface area contributed by atoms with Crippen LogP contribution in [0.25, 0.3) is 0 Å². The van der Waals surface area contributed by atoms with Crippen molar-refractivity contribution in [3.63, 3.8) is 0 Å². The van der Waals surface area contributed by atoms with Crippen molar-refractivity contribution in [3.8, 4) is 0 Å². The lowest BCUT2D eigenvalue weighted by Gasteiger charge is -2.27.